The van der Waals surface area contributed by atoms with Crippen LogP contribution >= 0.6 is 11.8 Å². The van der Waals surface area contributed by atoms with Gasteiger partial charge in [-0.2, -0.15) is 16.8 Å². The molecular weight excluding hydrogens is 362 g/mol. The van der Waals surface area contributed by atoms with E-state index < -0.39 is 23.4 Å². The van der Waals surface area contributed by atoms with E-state index in [9.17, 15) is 14.4 Å². The van der Waals surface area contributed by atoms with Crippen LogP contribution in [0.5, 0.6) is 0 Å². The lowest BCUT2D eigenvalue weighted by molar-refractivity contribution is -0.133. The van der Waals surface area contributed by atoms with E-state index in [1.54, 1.807) is 36.0 Å². The Morgan fingerprint density at radius 1 is 1.11 bits per heavy atom. The van der Waals surface area contributed by atoms with Crippen LogP contribution in [0.1, 0.15) is 34.8 Å². The Morgan fingerprint density at radius 3 is 2.37 bits per heavy atom. The number of nitrogens with zero attached hydrogens (tertiary/aromatic N) is 1. The summed E-state index contributed by atoms with van der Waals surface area (Å²) in [6.07, 6.45) is 2.38. The average Bonchev–Trinajstić information content (AvgIpc) is 2.94. The van der Waals surface area contributed by atoms with Crippen molar-refractivity contribution in [3.05, 3.63) is 71.3 Å². The molecule has 0 radical (unpaired) electrons. The van der Waals surface area contributed by atoms with Crippen LogP contribution in [-0.2, 0) is 16.1 Å². The van der Waals surface area contributed by atoms with Crippen LogP contribution in [0.25, 0.3) is 0 Å². The number of hydrazine groups is 1. The fourth-order valence-corrected chi connectivity index (χ4v) is 3.65. The Balaban J connectivity index is 1.80. The topological polar surface area (TPSA) is 78.5 Å². The summed E-state index contributed by atoms with van der Waals surface area (Å²) in [5.74, 6) is -0.145. The van der Waals surface area contributed by atoms with E-state index in [0.717, 1.165) is 16.3 Å². The molecule has 0 saturated carbocycles. The predicted molar refractivity (Wildman–Crippen MR) is 105 cm³/mol. The summed E-state index contributed by atoms with van der Waals surface area (Å²) in [6.45, 7) is 1.82. The molecule has 1 heterocycles. The minimum Gasteiger partial charge on any atom is -0.318 e. The molecule has 2 aromatic rings. The number of hydrogen-bond donors (Lipinski definition) is 2. The van der Waals surface area contributed by atoms with Gasteiger partial charge in [0.1, 0.15) is 5.54 Å². The van der Waals surface area contributed by atoms with Crippen molar-refractivity contribution < 1.29 is 14.4 Å². The smallest absolute Gasteiger partial charge is 0.318 e. The van der Waals surface area contributed by atoms with Gasteiger partial charge in [0.25, 0.3) is 11.8 Å². The molecule has 0 aromatic heterocycles. The number of thioether (sulfide) groups is 1. The number of urea groups is 1. The number of imide groups is 1. The SMILES string of the molecule is CC[C@@]1(c2ccccc2)NC(=O)N(NC(=O)c2ccc(CSC)cc2)C1=O. The van der Waals surface area contributed by atoms with Crippen LogP contribution in [0.4, 0.5) is 4.79 Å². The molecule has 0 unspecified atom stereocenters. The Kier molecular flexibility index (Phi) is 5.51. The highest BCUT2D eigenvalue weighted by Gasteiger charge is 2.52. The molecule has 2 N–H and O–H groups in total. The maximum absolute atomic E-state index is 13.0. The first-order valence-electron chi connectivity index (χ1n) is 8.63. The molecule has 3 rings (SSSR count). The lowest BCUT2D eigenvalue weighted by atomic mass is 9.87. The second-order valence-corrected chi connectivity index (χ2v) is 7.13. The van der Waals surface area contributed by atoms with Crippen molar-refractivity contribution >= 4 is 29.6 Å². The summed E-state index contributed by atoms with van der Waals surface area (Å²) in [6, 6.07) is 15.5. The van der Waals surface area contributed by atoms with E-state index in [2.05, 4.69) is 10.7 Å². The van der Waals surface area contributed by atoms with E-state index >= 15 is 0 Å². The van der Waals surface area contributed by atoms with Crippen LogP contribution in [0.3, 0.4) is 0 Å². The monoisotopic (exact) mass is 383 g/mol. The van der Waals surface area contributed by atoms with Gasteiger partial charge in [0.2, 0.25) is 0 Å². The number of rotatable bonds is 6. The zero-order chi connectivity index (χ0) is 19.4. The molecule has 6 nitrogen and oxygen atoms in total. The van der Waals surface area contributed by atoms with Gasteiger partial charge in [-0.15, -0.1) is 0 Å². The summed E-state index contributed by atoms with van der Waals surface area (Å²) < 4.78 is 0. The van der Waals surface area contributed by atoms with Crippen LogP contribution in [-0.4, -0.2) is 29.1 Å². The fourth-order valence-electron chi connectivity index (χ4n) is 3.12. The summed E-state index contributed by atoms with van der Waals surface area (Å²) >= 11 is 1.69. The Hall–Kier alpha value is -2.80. The highest BCUT2D eigenvalue weighted by Crippen LogP contribution is 2.31. The third-order valence-electron chi connectivity index (χ3n) is 4.63. The van der Waals surface area contributed by atoms with Crippen LogP contribution in [0, 0.1) is 0 Å². The molecular formula is C20H21N3O3S. The van der Waals surface area contributed by atoms with E-state index in [-0.39, 0.29) is 0 Å². The lowest BCUT2D eigenvalue weighted by Crippen LogP contribution is -2.48. The van der Waals surface area contributed by atoms with E-state index in [1.165, 1.54) is 0 Å². The molecule has 4 amide bonds. The van der Waals surface area contributed by atoms with Crippen LogP contribution in [0.2, 0.25) is 0 Å². The first kappa shape index (κ1) is 19.0. The molecule has 1 aliphatic rings. The number of benzene rings is 2. The number of nitrogens with one attached hydrogen (secondary N) is 2. The highest BCUT2D eigenvalue weighted by molar-refractivity contribution is 7.97. The zero-order valence-electron chi connectivity index (χ0n) is 15.2. The van der Waals surface area contributed by atoms with Crippen molar-refractivity contribution in [3.63, 3.8) is 0 Å². The van der Waals surface area contributed by atoms with Crippen LogP contribution in [0.15, 0.2) is 54.6 Å². The third kappa shape index (κ3) is 3.55. The van der Waals surface area contributed by atoms with Crippen molar-refractivity contribution in [1.29, 1.82) is 0 Å². The highest BCUT2D eigenvalue weighted by atomic mass is 32.2. The van der Waals surface area contributed by atoms with Gasteiger partial charge in [0.15, 0.2) is 0 Å². The average molecular weight is 383 g/mol. The molecule has 1 saturated heterocycles. The molecule has 0 bridgehead atoms. The second kappa shape index (κ2) is 7.84. The summed E-state index contributed by atoms with van der Waals surface area (Å²) in [5.41, 5.74) is 3.43. The maximum Gasteiger partial charge on any atom is 0.344 e. The van der Waals surface area contributed by atoms with Crippen molar-refractivity contribution in [3.8, 4) is 0 Å². The molecule has 27 heavy (non-hydrogen) atoms. The van der Waals surface area contributed by atoms with Gasteiger partial charge in [-0.1, -0.05) is 49.4 Å². The first-order valence-corrected chi connectivity index (χ1v) is 10.0. The number of carbonyl (C=O) groups excluding carboxylic acids is 3. The lowest BCUT2D eigenvalue weighted by Gasteiger charge is -2.25. The van der Waals surface area contributed by atoms with Crippen molar-refractivity contribution in [2.45, 2.75) is 24.6 Å². The standard InChI is InChI=1S/C20H21N3O3S/c1-3-20(16-7-5-4-6-8-16)18(25)23(19(26)21-20)22-17(24)15-11-9-14(10-12-15)13-27-2/h4-12H,3,13H2,1-2H3,(H,21,26)(H,22,24)/t20-/m0/s1. The number of carbonyl (C=O) groups is 3. The Bertz CT molecular complexity index is 855. The van der Waals surface area contributed by atoms with Gasteiger partial charge >= 0.3 is 6.03 Å². The van der Waals surface area contributed by atoms with E-state index in [1.807, 2.05) is 43.5 Å². The Labute approximate surface area is 162 Å². The zero-order valence-corrected chi connectivity index (χ0v) is 16.0. The van der Waals surface area contributed by atoms with Gasteiger partial charge in [-0.05, 0) is 35.9 Å². The number of amides is 4. The van der Waals surface area contributed by atoms with Crippen molar-refractivity contribution in [1.82, 2.24) is 15.8 Å². The van der Waals surface area contributed by atoms with E-state index in [0.29, 0.717) is 17.5 Å². The van der Waals surface area contributed by atoms with Gasteiger partial charge in [-0.3, -0.25) is 15.0 Å². The maximum atomic E-state index is 13.0. The molecule has 140 valence electrons. The minimum atomic E-state index is -1.17. The molecule has 2 aromatic carbocycles. The van der Waals surface area contributed by atoms with Gasteiger partial charge in [-0.25, -0.2) is 4.79 Å². The second-order valence-electron chi connectivity index (χ2n) is 6.27. The quantitative estimate of drug-likeness (QED) is 0.752. The molecule has 1 aliphatic heterocycles. The predicted octanol–water partition coefficient (Wildman–Crippen LogP) is 3.05. The van der Waals surface area contributed by atoms with Gasteiger partial charge in [0, 0.05) is 11.3 Å². The fraction of sp³-hybridized carbons (Fsp3) is 0.250. The van der Waals surface area contributed by atoms with Gasteiger partial charge in [0.05, 0.1) is 0 Å². The van der Waals surface area contributed by atoms with Crippen molar-refractivity contribution in [2.75, 3.05) is 6.26 Å². The number of hydrogen-bond acceptors (Lipinski definition) is 4. The van der Waals surface area contributed by atoms with Crippen molar-refractivity contribution in [2.24, 2.45) is 0 Å². The van der Waals surface area contributed by atoms with Crippen LogP contribution < -0.4 is 10.7 Å². The molecule has 1 atom stereocenters. The third-order valence-corrected chi connectivity index (χ3v) is 5.25. The molecule has 1 fully saturated rings. The summed E-state index contributed by atoms with van der Waals surface area (Å²) in [4.78, 5) is 37.9. The Morgan fingerprint density at radius 2 is 1.78 bits per heavy atom. The van der Waals surface area contributed by atoms with Gasteiger partial charge < -0.3 is 5.32 Å². The largest absolute Gasteiger partial charge is 0.344 e. The molecule has 0 spiro atoms. The summed E-state index contributed by atoms with van der Waals surface area (Å²) in [5, 5.41) is 3.51. The normalized spacial score (nSPS) is 19.1. The molecule has 7 heteroatoms. The summed E-state index contributed by atoms with van der Waals surface area (Å²) in [7, 11) is 0. The first-order chi connectivity index (χ1) is 13.0. The van der Waals surface area contributed by atoms with E-state index in [4.69, 9.17) is 0 Å². The molecule has 0 aliphatic carbocycles. The minimum absolute atomic E-state index is 0.372.